The molecule has 0 unspecified atom stereocenters. The van der Waals surface area contributed by atoms with Crippen molar-refractivity contribution in [2.45, 2.75) is 0 Å². The Morgan fingerprint density at radius 3 is 2.64 bits per heavy atom. The summed E-state index contributed by atoms with van der Waals surface area (Å²) in [5.41, 5.74) is 3.03. The van der Waals surface area contributed by atoms with Crippen molar-refractivity contribution in [1.82, 2.24) is 0 Å². The summed E-state index contributed by atoms with van der Waals surface area (Å²) in [5.74, 6) is 0.134. The van der Waals surface area contributed by atoms with Crippen molar-refractivity contribution in [2.75, 3.05) is 10.6 Å². The van der Waals surface area contributed by atoms with Crippen molar-refractivity contribution in [2.24, 2.45) is 0 Å². The molecule has 0 saturated carbocycles. The summed E-state index contributed by atoms with van der Waals surface area (Å²) in [6.45, 7) is 0. The molecule has 1 aliphatic rings. The van der Waals surface area contributed by atoms with E-state index in [2.05, 4.69) is 10.6 Å². The summed E-state index contributed by atoms with van der Waals surface area (Å²) < 4.78 is 5.28. The van der Waals surface area contributed by atoms with Gasteiger partial charge in [0.1, 0.15) is 5.76 Å². The minimum Gasteiger partial charge on any atom is -0.465 e. The number of amides is 2. The van der Waals surface area contributed by atoms with E-state index in [1.807, 2.05) is 30.3 Å². The smallest absolute Gasteiger partial charge is 0.256 e. The molecule has 0 fully saturated rings. The lowest BCUT2D eigenvalue weighted by Gasteiger charge is -2.06. The Morgan fingerprint density at radius 1 is 1.04 bits per heavy atom. The van der Waals surface area contributed by atoms with Gasteiger partial charge in [-0.1, -0.05) is 18.2 Å². The van der Waals surface area contributed by atoms with E-state index in [9.17, 15) is 9.59 Å². The molecule has 2 N–H and O–H groups in total. The molecule has 2 heterocycles. The predicted molar refractivity (Wildman–Crippen MR) is 96.0 cm³/mol. The van der Waals surface area contributed by atoms with Gasteiger partial charge < -0.3 is 15.1 Å². The standard InChI is InChI=1S/C20H14N2O3/c23-19(21-14-5-2-1-3-6-14)13-8-9-18-16(11-13)17(20(24)22-18)12-15-7-4-10-25-15/h1-12H,(H,21,23)(H,22,24)/b17-12-. The lowest BCUT2D eigenvalue weighted by molar-refractivity contribution is -0.110. The second kappa shape index (κ2) is 6.13. The van der Waals surface area contributed by atoms with Gasteiger partial charge in [-0.2, -0.15) is 0 Å². The summed E-state index contributed by atoms with van der Waals surface area (Å²) in [6, 6.07) is 17.9. The largest absolute Gasteiger partial charge is 0.465 e. The number of hydrogen-bond donors (Lipinski definition) is 2. The second-order valence-corrected chi connectivity index (χ2v) is 5.61. The lowest BCUT2D eigenvalue weighted by Crippen LogP contribution is -2.11. The maximum absolute atomic E-state index is 12.5. The summed E-state index contributed by atoms with van der Waals surface area (Å²) >= 11 is 0. The number of rotatable bonds is 3. The molecule has 122 valence electrons. The summed E-state index contributed by atoms with van der Waals surface area (Å²) in [5, 5.41) is 5.63. The number of hydrogen-bond acceptors (Lipinski definition) is 3. The van der Waals surface area contributed by atoms with E-state index in [0.29, 0.717) is 33.8 Å². The van der Waals surface area contributed by atoms with Crippen LogP contribution in [0.4, 0.5) is 11.4 Å². The molecule has 5 nitrogen and oxygen atoms in total. The van der Waals surface area contributed by atoms with Gasteiger partial charge in [0.2, 0.25) is 0 Å². The zero-order chi connectivity index (χ0) is 17.2. The van der Waals surface area contributed by atoms with Crippen LogP contribution >= 0.6 is 0 Å². The fraction of sp³-hybridized carbons (Fsp3) is 0. The molecule has 3 aromatic rings. The van der Waals surface area contributed by atoms with E-state index in [-0.39, 0.29) is 11.8 Å². The van der Waals surface area contributed by atoms with Crippen LogP contribution in [0.1, 0.15) is 21.7 Å². The van der Waals surface area contributed by atoms with Crippen LogP contribution in [-0.4, -0.2) is 11.8 Å². The Morgan fingerprint density at radius 2 is 1.88 bits per heavy atom. The summed E-state index contributed by atoms with van der Waals surface area (Å²) in [7, 11) is 0. The Labute approximate surface area is 144 Å². The molecule has 1 aliphatic heterocycles. The van der Waals surface area contributed by atoms with Gasteiger partial charge in [-0.05, 0) is 48.5 Å². The van der Waals surface area contributed by atoms with E-state index < -0.39 is 0 Å². The number of carbonyl (C=O) groups excluding carboxylic acids is 2. The molecule has 25 heavy (non-hydrogen) atoms. The first-order chi connectivity index (χ1) is 12.2. The highest BCUT2D eigenvalue weighted by Crippen LogP contribution is 2.34. The van der Waals surface area contributed by atoms with E-state index in [1.54, 1.807) is 42.7 Å². The van der Waals surface area contributed by atoms with Crippen molar-refractivity contribution in [3.63, 3.8) is 0 Å². The molecule has 2 aromatic carbocycles. The van der Waals surface area contributed by atoms with Gasteiger partial charge in [0, 0.05) is 22.5 Å². The van der Waals surface area contributed by atoms with Gasteiger partial charge in [0.25, 0.3) is 11.8 Å². The fourth-order valence-corrected chi connectivity index (χ4v) is 2.71. The van der Waals surface area contributed by atoms with Crippen molar-refractivity contribution >= 4 is 34.8 Å². The molecule has 1 aromatic heterocycles. The predicted octanol–water partition coefficient (Wildman–Crippen LogP) is 4.02. The molecule has 0 saturated heterocycles. The molecule has 0 bridgehead atoms. The van der Waals surface area contributed by atoms with Crippen LogP contribution in [0, 0.1) is 0 Å². The molecule has 4 rings (SSSR count). The normalized spacial score (nSPS) is 14.2. The van der Waals surface area contributed by atoms with E-state index in [1.165, 1.54) is 0 Å². The number of furan rings is 1. The Kier molecular flexibility index (Phi) is 3.67. The first-order valence-corrected chi connectivity index (χ1v) is 7.78. The molecule has 0 radical (unpaired) electrons. The molecule has 0 aliphatic carbocycles. The minimum absolute atomic E-state index is 0.216. The molecule has 2 amide bonds. The Balaban J connectivity index is 1.66. The number of nitrogens with one attached hydrogen (secondary N) is 2. The second-order valence-electron chi connectivity index (χ2n) is 5.61. The third kappa shape index (κ3) is 2.95. The SMILES string of the molecule is O=C1Nc2ccc(C(=O)Nc3ccccc3)cc2/C1=C/c1ccco1. The number of para-hydroxylation sites is 1. The van der Waals surface area contributed by atoms with Crippen LogP contribution in [-0.2, 0) is 4.79 Å². The first-order valence-electron chi connectivity index (χ1n) is 7.78. The highest BCUT2D eigenvalue weighted by molar-refractivity contribution is 6.35. The van der Waals surface area contributed by atoms with E-state index in [4.69, 9.17) is 4.42 Å². The highest BCUT2D eigenvalue weighted by Gasteiger charge is 2.25. The van der Waals surface area contributed by atoms with Crippen LogP contribution in [0.5, 0.6) is 0 Å². The van der Waals surface area contributed by atoms with Crippen molar-refractivity contribution < 1.29 is 14.0 Å². The van der Waals surface area contributed by atoms with Gasteiger partial charge in [-0.15, -0.1) is 0 Å². The maximum Gasteiger partial charge on any atom is 0.256 e. The topological polar surface area (TPSA) is 71.3 Å². The van der Waals surface area contributed by atoms with Gasteiger partial charge >= 0.3 is 0 Å². The van der Waals surface area contributed by atoms with Gasteiger partial charge in [-0.3, -0.25) is 9.59 Å². The first kappa shape index (κ1) is 15.0. The average Bonchev–Trinajstić information content (AvgIpc) is 3.24. The third-order valence-electron chi connectivity index (χ3n) is 3.93. The summed E-state index contributed by atoms with van der Waals surface area (Å²) in [6.07, 6.45) is 3.21. The molecule has 5 heteroatoms. The Hall–Kier alpha value is -3.60. The zero-order valence-corrected chi connectivity index (χ0v) is 13.2. The number of fused-ring (bicyclic) bond motifs is 1. The number of carbonyl (C=O) groups is 2. The van der Waals surface area contributed by atoms with Crippen molar-refractivity contribution in [3.05, 3.63) is 83.8 Å². The van der Waals surface area contributed by atoms with E-state index in [0.717, 1.165) is 0 Å². The molecular weight excluding hydrogens is 316 g/mol. The van der Waals surface area contributed by atoms with Gasteiger partial charge in [-0.25, -0.2) is 0 Å². The quantitative estimate of drug-likeness (QED) is 0.712. The molecular formula is C20H14N2O3. The highest BCUT2D eigenvalue weighted by atomic mass is 16.3. The van der Waals surface area contributed by atoms with Crippen molar-refractivity contribution in [1.29, 1.82) is 0 Å². The van der Waals surface area contributed by atoms with Crippen LogP contribution in [0.15, 0.2) is 71.3 Å². The van der Waals surface area contributed by atoms with E-state index >= 15 is 0 Å². The van der Waals surface area contributed by atoms with Gasteiger partial charge in [0.05, 0.1) is 11.8 Å². The van der Waals surface area contributed by atoms with Gasteiger partial charge in [0.15, 0.2) is 0 Å². The number of benzene rings is 2. The van der Waals surface area contributed by atoms with Crippen LogP contribution in [0.2, 0.25) is 0 Å². The minimum atomic E-state index is -0.231. The fourth-order valence-electron chi connectivity index (χ4n) is 2.71. The monoisotopic (exact) mass is 330 g/mol. The zero-order valence-electron chi connectivity index (χ0n) is 13.2. The third-order valence-corrected chi connectivity index (χ3v) is 3.93. The average molecular weight is 330 g/mol. The van der Waals surface area contributed by atoms with Crippen LogP contribution in [0.3, 0.4) is 0 Å². The van der Waals surface area contributed by atoms with Crippen LogP contribution in [0.25, 0.3) is 11.6 Å². The molecule has 0 spiro atoms. The van der Waals surface area contributed by atoms with Crippen LogP contribution < -0.4 is 10.6 Å². The van der Waals surface area contributed by atoms with Crippen molar-refractivity contribution in [3.8, 4) is 0 Å². The molecule has 0 atom stereocenters. The lowest BCUT2D eigenvalue weighted by atomic mass is 10.0. The Bertz CT molecular complexity index is 973. The maximum atomic E-state index is 12.5. The summed E-state index contributed by atoms with van der Waals surface area (Å²) in [4.78, 5) is 24.7. The number of anilines is 2.